The molecule has 4 heteroatoms. The van der Waals surface area contributed by atoms with Crippen LogP contribution in [0.4, 0.5) is 4.39 Å². The lowest BCUT2D eigenvalue weighted by molar-refractivity contribution is -0.138. The minimum absolute atomic E-state index is 0.111. The first kappa shape index (κ1) is 13.6. The van der Waals surface area contributed by atoms with Gasteiger partial charge in [-0.05, 0) is 5.56 Å². The molecule has 0 saturated heterocycles. The molecule has 0 bridgehead atoms. The van der Waals surface area contributed by atoms with Gasteiger partial charge in [0.05, 0.1) is 13.0 Å². The number of carbonyl (C=O) groups is 1. The number of rotatable bonds is 5. The zero-order valence-corrected chi connectivity index (χ0v) is 10.3. The molecular formula is C13H17FO3. The van der Waals surface area contributed by atoms with E-state index in [4.69, 9.17) is 9.84 Å². The number of aliphatic carboxylic acids is 1. The molecular weight excluding hydrogens is 223 g/mol. The fraction of sp³-hybridized carbons (Fsp3) is 0.462. The molecule has 0 aromatic heterocycles. The van der Waals surface area contributed by atoms with E-state index in [0.717, 1.165) is 0 Å². The topological polar surface area (TPSA) is 46.5 Å². The number of hydrogen-bond donors (Lipinski definition) is 1. The number of carboxylic acid groups (broad SMARTS) is 1. The Morgan fingerprint density at radius 1 is 1.47 bits per heavy atom. The highest BCUT2D eigenvalue weighted by Gasteiger charge is 2.28. The number of hydrogen-bond acceptors (Lipinski definition) is 2. The van der Waals surface area contributed by atoms with Gasteiger partial charge in [-0.2, -0.15) is 0 Å². The first-order chi connectivity index (χ1) is 7.88. The number of methoxy groups -OCH3 is 1. The third-order valence-corrected chi connectivity index (χ3v) is 2.70. The van der Waals surface area contributed by atoms with Crippen LogP contribution in [0.5, 0.6) is 0 Å². The lowest BCUT2D eigenvalue weighted by atomic mass is 9.80. The first-order valence-electron chi connectivity index (χ1n) is 5.37. The molecule has 1 rings (SSSR count). The van der Waals surface area contributed by atoms with Crippen molar-refractivity contribution in [3.8, 4) is 0 Å². The van der Waals surface area contributed by atoms with Crippen LogP contribution in [0, 0.1) is 5.82 Å². The fourth-order valence-corrected chi connectivity index (χ4v) is 1.84. The lowest BCUT2D eigenvalue weighted by Crippen LogP contribution is -2.23. The maximum atomic E-state index is 14.1. The fourth-order valence-electron chi connectivity index (χ4n) is 1.84. The predicted molar refractivity (Wildman–Crippen MR) is 62.4 cm³/mol. The maximum Gasteiger partial charge on any atom is 0.304 e. The molecule has 3 nitrogen and oxygen atoms in total. The average Bonchev–Trinajstić information content (AvgIpc) is 2.19. The average molecular weight is 240 g/mol. The molecule has 0 radical (unpaired) electrons. The van der Waals surface area contributed by atoms with Crippen LogP contribution in [0.2, 0.25) is 0 Å². The third kappa shape index (κ3) is 3.27. The number of ether oxygens (including phenoxy) is 1. The molecule has 94 valence electrons. The molecule has 0 amide bonds. The van der Waals surface area contributed by atoms with E-state index in [-0.39, 0.29) is 18.8 Å². The van der Waals surface area contributed by atoms with Crippen molar-refractivity contribution >= 4 is 5.97 Å². The normalized spacial score (nSPS) is 11.5. The van der Waals surface area contributed by atoms with E-state index >= 15 is 0 Å². The first-order valence-corrected chi connectivity index (χ1v) is 5.37. The Morgan fingerprint density at radius 3 is 2.65 bits per heavy atom. The van der Waals surface area contributed by atoms with Crippen LogP contribution in [0.15, 0.2) is 18.2 Å². The van der Waals surface area contributed by atoms with Crippen molar-refractivity contribution in [2.45, 2.75) is 32.3 Å². The molecule has 0 spiro atoms. The van der Waals surface area contributed by atoms with Gasteiger partial charge < -0.3 is 9.84 Å². The summed E-state index contributed by atoms with van der Waals surface area (Å²) in [5.74, 6) is -1.31. The summed E-state index contributed by atoms with van der Waals surface area (Å²) in [6.45, 7) is 3.62. The van der Waals surface area contributed by atoms with Gasteiger partial charge in [-0.1, -0.05) is 32.0 Å². The summed E-state index contributed by atoms with van der Waals surface area (Å²) < 4.78 is 19.0. The van der Waals surface area contributed by atoms with Gasteiger partial charge in [-0.3, -0.25) is 4.79 Å². The second-order valence-corrected chi connectivity index (χ2v) is 4.67. The zero-order valence-electron chi connectivity index (χ0n) is 10.3. The van der Waals surface area contributed by atoms with E-state index in [1.807, 2.05) is 0 Å². The largest absolute Gasteiger partial charge is 0.481 e. The molecule has 0 fully saturated rings. The SMILES string of the molecule is COCc1cccc(C(C)(C)CC(=O)O)c1F. The van der Waals surface area contributed by atoms with Gasteiger partial charge in [0, 0.05) is 18.1 Å². The summed E-state index contributed by atoms with van der Waals surface area (Å²) >= 11 is 0. The Labute approximate surface area is 100 Å². The standard InChI is InChI=1S/C13H17FO3/c1-13(2,7-11(15)16)10-6-4-5-9(8-17-3)12(10)14/h4-6H,7-8H2,1-3H3,(H,15,16). The van der Waals surface area contributed by atoms with Crippen molar-refractivity contribution in [3.63, 3.8) is 0 Å². The highest BCUT2D eigenvalue weighted by molar-refractivity contribution is 5.69. The second-order valence-electron chi connectivity index (χ2n) is 4.67. The summed E-state index contributed by atoms with van der Waals surface area (Å²) in [7, 11) is 1.49. The lowest BCUT2D eigenvalue weighted by Gasteiger charge is -2.24. The summed E-state index contributed by atoms with van der Waals surface area (Å²) in [5.41, 5.74) is 0.123. The van der Waals surface area contributed by atoms with Crippen molar-refractivity contribution in [3.05, 3.63) is 35.1 Å². The van der Waals surface area contributed by atoms with Crippen LogP contribution < -0.4 is 0 Å². The minimum Gasteiger partial charge on any atom is -0.481 e. The van der Waals surface area contributed by atoms with E-state index in [2.05, 4.69) is 0 Å². The van der Waals surface area contributed by atoms with Crippen molar-refractivity contribution in [1.29, 1.82) is 0 Å². The highest BCUT2D eigenvalue weighted by Crippen LogP contribution is 2.30. The maximum absolute atomic E-state index is 14.1. The Kier molecular flexibility index (Phi) is 4.23. The Balaban J connectivity index is 3.13. The van der Waals surface area contributed by atoms with Crippen molar-refractivity contribution < 1.29 is 19.0 Å². The Morgan fingerprint density at radius 2 is 2.12 bits per heavy atom. The number of halogens is 1. The van der Waals surface area contributed by atoms with E-state index in [9.17, 15) is 9.18 Å². The van der Waals surface area contributed by atoms with Gasteiger partial charge in [-0.15, -0.1) is 0 Å². The molecule has 0 aliphatic rings. The summed E-state index contributed by atoms with van der Waals surface area (Å²) in [5, 5.41) is 8.83. The summed E-state index contributed by atoms with van der Waals surface area (Å²) in [6.07, 6.45) is -0.111. The van der Waals surface area contributed by atoms with Gasteiger partial charge >= 0.3 is 5.97 Å². The van der Waals surface area contributed by atoms with Gasteiger partial charge in [0.25, 0.3) is 0 Å². The minimum atomic E-state index is -0.938. The van der Waals surface area contributed by atoms with E-state index in [1.165, 1.54) is 7.11 Å². The molecule has 0 heterocycles. The molecule has 1 N–H and O–H groups in total. The van der Waals surface area contributed by atoms with Crippen LogP contribution >= 0.6 is 0 Å². The number of carboxylic acids is 1. The molecule has 0 unspecified atom stereocenters. The smallest absolute Gasteiger partial charge is 0.304 e. The summed E-state index contributed by atoms with van der Waals surface area (Å²) in [4.78, 5) is 10.8. The van der Waals surface area contributed by atoms with Crippen LogP contribution in [0.3, 0.4) is 0 Å². The number of benzene rings is 1. The van der Waals surface area contributed by atoms with E-state index < -0.39 is 11.4 Å². The van der Waals surface area contributed by atoms with E-state index in [1.54, 1.807) is 32.0 Å². The zero-order chi connectivity index (χ0) is 13.1. The van der Waals surface area contributed by atoms with Gasteiger partial charge in [0.2, 0.25) is 0 Å². The Hall–Kier alpha value is -1.42. The monoisotopic (exact) mass is 240 g/mol. The quantitative estimate of drug-likeness (QED) is 0.860. The summed E-state index contributed by atoms with van der Waals surface area (Å²) in [6, 6.07) is 4.98. The molecule has 0 aliphatic carbocycles. The van der Waals surface area contributed by atoms with Crippen LogP contribution in [-0.2, 0) is 21.6 Å². The molecule has 0 atom stereocenters. The van der Waals surface area contributed by atoms with Crippen LogP contribution in [0.1, 0.15) is 31.4 Å². The van der Waals surface area contributed by atoms with Gasteiger partial charge in [-0.25, -0.2) is 4.39 Å². The Bertz CT molecular complexity index is 413. The molecule has 1 aromatic carbocycles. The van der Waals surface area contributed by atoms with Crippen LogP contribution in [-0.4, -0.2) is 18.2 Å². The van der Waals surface area contributed by atoms with E-state index in [0.29, 0.717) is 11.1 Å². The van der Waals surface area contributed by atoms with Crippen LogP contribution in [0.25, 0.3) is 0 Å². The second kappa shape index (κ2) is 5.27. The third-order valence-electron chi connectivity index (χ3n) is 2.70. The molecule has 0 aliphatic heterocycles. The van der Waals surface area contributed by atoms with Crippen molar-refractivity contribution in [1.82, 2.24) is 0 Å². The molecule has 17 heavy (non-hydrogen) atoms. The van der Waals surface area contributed by atoms with Crippen molar-refractivity contribution in [2.75, 3.05) is 7.11 Å². The molecule has 0 saturated carbocycles. The van der Waals surface area contributed by atoms with Gasteiger partial charge in [0.1, 0.15) is 5.82 Å². The van der Waals surface area contributed by atoms with Crippen molar-refractivity contribution in [2.24, 2.45) is 0 Å². The van der Waals surface area contributed by atoms with Gasteiger partial charge in [0.15, 0.2) is 0 Å². The highest BCUT2D eigenvalue weighted by atomic mass is 19.1. The molecule has 1 aromatic rings. The predicted octanol–water partition coefficient (Wildman–Crippen LogP) is 2.72.